The molecule has 1 aliphatic rings. The van der Waals surface area contributed by atoms with Crippen LogP contribution in [0.15, 0.2) is 30.5 Å². The summed E-state index contributed by atoms with van der Waals surface area (Å²) >= 11 is 0. The van der Waals surface area contributed by atoms with Crippen LogP contribution in [-0.2, 0) is 19.3 Å². The van der Waals surface area contributed by atoms with E-state index < -0.39 is 0 Å². The third-order valence-electron chi connectivity index (χ3n) is 6.44. The molecule has 0 bridgehead atoms. The summed E-state index contributed by atoms with van der Waals surface area (Å²) in [7, 11) is 2.25. The van der Waals surface area contributed by atoms with Crippen molar-refractivity contribution in [2.45, 2.75) is 59.8 Å². The summed E-state index contributed by atoms with van der Waals surface area (Å²) < 4.78 is 1.90. The van der Waals surface area contributed by atoms with Gasteiger partial charge in [-0.15, -0.1) is 0 Å². The molecule has 2 aromatic heterocycles. The molecule has 0 aliphatic heterocycles. The lowest BCUT2D eigenvalue weighted by Crippen LogP contribution is -2.25. The molecule has 4 rings (SSSR count). The predicted molar refractivity (Wildman–Crippen MR) is 130 cm³/mol. The molecule has 4 nitrogen and oxygen atoms in total. The van der Waals surface area contributed by atoms with Crippen LogP contribution < -0.4 is 0 Å². The number of benzene rings is 1. The second-order valence-corrected chi connectivity index (χ2v) is 9.34. The quantitative estimate of drug-likeness (QED) is 0.455. The topological polar surface area (TPSA) is 33.4 Å². The smallest absolute Gasteiger partial charge is 0.154 e. The van der Waals surface area contributed by atoms with E-state index in [4.69, 9.17) is 4.98 Å². The van der Waals surface area contributed by atoms with E-state index in [1.54, 1.807) is 0 Å². The summed E-state index contributed by atoms with van der Waals surface area (Å²) in [6.45, 7) is 11.3. The molecule has 0 fully saturated rings. The normalized spacial score (nSPS) is 14.3. The van der Waals surface area contributed by atoms with Crippen molar-refractivity contribution >= 4 is 17.3 Å². The van der Waals surface area contributed by atoms with Gasteiger partial charge in [0.15, 0.2) is 5.65 Å². The number of imidazole rings is 1. The molecule has 2 heterocycles. The van der Waals surface area contributed by atoms with Crippen LogP contribution in [-0.4, -0.2) is 39.6 Å². The number of nitrogens with zero attached hydrogens (tertiary/aromatic N) is 4. The van der Waals surface area contributed by atoms with Gasteiger partial charge >= 0.3 is 0 Å². The number of aromatic nitrogens is 3. The third-order valence-corrected chi connectivity index (χ3v) is 6.44. The molecule has 0 saturated carbocycles. The Bertz CT molecular complexity index is 1090. The van der Waals surface area contributed by atoms with Crippen LogP contribution in [0.3, 0.4) is 0 Å². The van der Waals surface area contributed by atoms with E-state index in [-0.39, 0.29) is 0 Å². The van der Waals surface area contributed by atoms with Gasteiger partial charge < -0.3 is 4.90 Å². The molecule has 0 saturated heterocycles. The first-order valence-corrected chi connectivity index (χ1v) is 11.8. The number of rotatable bonds is 9. The SMILES string of the molecule is CCCN(C)CC(C)CCc1cc(CC)cc2c1C=C(c1cn3nc(C)ccc3n1)C2. The van der Waals surface area contributed by atoms with Gasteiger partial charge in [-0.2, -0.15) is 5.10 Å². The lowest BCUT2D eigenvalue weighted by molar-refractivity contribution is 0.279. The Morgan fingerprint density at radius 2 is 2.03 bits per heavy atom. The summed E-state index contributed by atoms with van der Waals surface area (Å²) in [5.41, 5.74) is 10.1. The zero-order chi connectivity index (χ0) is 22.0. The van der Waals surface area contributed by atoms with E-state index >= 15 is 0 Å². The van der Waals surface area contributed by atoms with Crippen molar-refractivity contribution in [3.8, 4) is 0 Å². The van der Waals surface area contributed by atoms with Crippen molar-refractivity contribution in [3.63, 3.8) is 0 Å². The van der Waals surface area contributed by atoms with Crippen molar-refractivity contribution in [1.82, 2.24) is 19.5 Å². The van der Waals surface area contributed by atoms with E-state index in [2.05, 4.69) is 62.2 Å². The maximum atomic E-state index is 4.84. The molecule has 1 aliphatic carbocycles. The number of allylic oxidation sites excluding steroid dienone is 1. The summed E-state index contributed by atoms with van der Waals surface area (Å²) in [6.07, 6.45) is 10.1. The van der Waals surface area contributed by atoms with Gasteiger partial charge in [0.2, 0.25) is 0 Å². The molecule has 0 spiro atoms. The molecule has 0 radical (unpaired) electrons. The average Bonchev–Trinajstić information content (AvgIpc) is 3.35. The van der Waals surface area contributed by atoms with Gasteiger partial charge in [-0.25, -0.2) is 9.50 Å². The second-order valence-electron chi connectivity index (χ2n) is 9.34. The largest absolute Gasteiger partial charge is 0.306 e. The maximum Gasteiger partial charge on any atom is 0.154 e. The highest BCUT2D eigenvalue weighted by atomic mass is 15.2. The Kier molecular flexibility index (Phi) is 6.57. The highest BCUT2D eigenvalue weighted by Crippen LogP contribution is 2.35. The van der Waals surface area contributed by atoms with Crippen molar-refractivity contribution < 1.29 is 0 Å². The van der Waals surface area contributed by atoms with Gasteiger partial charge in [-0.05, 0) is 98.2 Å². The molecular formula is C27H36N4. The lowest BCUT2D eigenvalue weighted by atomic mass is 9.93. The first-order chi connectivity index (χ1) is 15.0. The molecule has 3 aromatic rings. The highest BCUT2D eigenvalue weighted by Gasteiger charge is 2.20. The number of aryl methyl sites for hydroxylation is 3. The van der Waals surface area contributed by atoms with E-state index in [1.807, 2.05) is 23.6 Å². The van der Waals surface area contributed by atoms with Crippen LogP contribution in [0.4, 0.5) is 0 Å². The summed E-state index contributed by atoms with van der Waals surface area (Å²) in [5, 5.41) is 4.57. The fourth-order valence-electron chi connectivity index (χ4n) is 4.82. The van der Waals surface area contributed by atoms with Crippen LogP contribution in [0, 0.1) is 12.8 Å². The fourth-order valence-corrected chi connectivity index (χ4v) is 4.82. The molecule has 0 amide bonds. The standard InChI is InChI=1S/C27H36N4/c1-6-12-30(5)17-19(3)8-10-22-13-21(7-2)14-23-15-24(16-25(22)23)26-18-31-27(28-26)11-9-20(4)29-31/h9,11,13-14,16,18-19H,6-8,10,12,15,17H2,1-5H3. The lowest BCUT2D eigenvalue weighted by Gasteiger charge is -2.21. The zero-order valence-corrected chi connectivity index (χ0v) is 19.8. The Morgan fingerprint density at radius 3 is 2.81 bits per heavy atom. The monoisotopic (exact) mass is 416 g/mol. The van der Waals surface area contributed by atoms with Gasteiger partial charge in [0.1, 0.15) is 0 Å². The van der Waals surface area contributed by atoms with Crippen LogP contribution >= 0.6 is 0 Å². The molecule has 1 aromatic carbocycles. The molecule has 1 unspecified atom stereocenters. The minimum Gasteiger partial charge on any atom is -0.306 e. The van der Waals surface area contributed by atoms with E-state index in [0.29, 0.717) is 5.92 Å². The first-order valence-electron chi connectivity index (χ1n) is 11.8. The van der Waals surface area contributed by atoms with Crippen molar-refractivity contribution in [2.75, 3.05) is 20.1 Å². The minimum absolute atomic E-state index is 0.704. The van der Waals surface area contributed by atoms with Crippen LogP contribution in [0.25, 0.3) is 17.3 Å². The van der Waals surface area contributed by atoms with Gasteiger partial charge in [-0.3, -0.25) is 0 Å². The Hall–Kier alpha value is -2.46. The third kappa shape index (κ3) is 4.90. The summed E-state index contributed by atoms with van der Waals surface area (Å²) in [5.74, 6) is 0.704. The Labute approximate surface area is 187 Å². The number of hydrogen-bond acceptors (Lipinski definition) is 3. The van der Waals surface area contributed by atoms with Gasteiger partial charge in [0, 0.05) is 13.0 Å². The van der Waals surface area contributed by atoms with Crippen molar-refractivity contribution in [2.24, 2.45) is 5.92 Å². The van der Waals surface area contributed by atoms with Gasteiger partial charge in [0.25, 0.3) is 0 Å². The van der Waals surface area contributed by atoms with Crippen LogP contribution in [0.5, 0.6) is 0 Å². The Morgan fingerprint density at radius 1 is 1.19 bits per heavy atom. The highest BCUT2D eigenvalue weighted by molar-refractivity contribution is 5.89. The number of hydrogen-bond donors (Lipinski definition) is 0. The molecule has 164 valence electrons. The molecule has 4 heteroatoms. The second kappa shape index (κ2) is 9.35. The number of fused-ring (bicyclic) bond motifs is 2. The zero-order valence-electron chi connectivity index (χ0n) is 19.8. The van der Waals surface area contributed by atoms with Crippen molar-refractivity contribution in [1.29, 1.82) is 0 Å². The maximum absolute atomic E-state index is 4.84. The predicted octanol–water partition coefficient (Wildman–Crippen LogP) is 5.61. The van der Waals surface area contributed by atoms with E-state index in [9.17, 15) is 0 Å². The molecule has 0 N–H and O–H groups in total. The summed E-state index contributed by atoms with van der Waals surface area (Å²) in [4.78, 5) is 7.31. The van der Waals surface area contributed by atoms with E-state index in [0.717, 1.165) is 36.3 Å². The molecular weight excluding hydrogens is 380 g/mol. The summed E-state index contributed by atoms with van der Waals surface area (Å²) in [6, 6.07) is 8.91. The van der Waals surface area contributed by atoms with Crippen LogP contribution in [0.2, 0.25) is 0 Å². The first kappa shape index (κ1) is 21.8. The Balaban J connectivity index is 1.56. The molecule has 31 heavy (non-hydrogen) atoms. The molecule has 1 atom stereocenters. The van der Waals surface area contributed by atoms with Gasteiger partial charge in [0.05, 0.1) is 17.6 Å². The minimum atomic E-state index is 0.704. The van der Waals surface area contributed by atoms with Crippen LogP contribution in [0.1, 0.15) is 67.3 Å². The average molecular weight is 417 g/mol. The van der Waals surface area contributed by atoms with Crippen molar-refractivity contribution in [3.05, 3.63) is 64.1 Å². The fraction of sp³-hybridized carbons (Fsp3) is 0.481. The van der Waals surface area contributed by atoms with E-state index in [1.165, 1.54) is 53.8 Å². The van der Waals surface area contributed by atoms with Gasteiger partial charge in [-0.1, -0.05) is 32.9 Å².